The highest BCUT2D eigenvalue weighted by Crippen LogP contribution is 2.33. The van der Waals surface area contributed by atoms with Crippen molar-refractivity contribution >= 4 is 14.8 Å². The molecule has 0 amide bonds. The predicted molar refractivity (Wildman–Crippen MR) is 40.5 cm³/mol. The standard InChI is InChI=1S/C5H8N3O2P/c6-5-7-4(8-10-5)1-3-2-9-11-3/h3,11H,1-2H2,(H2,6,7,8). The lowest BCUT2D eigenvalue weighted by atomic mass is 10.3. The molecule has 1 saturated heterocycles. The number of nitrogen functional groups attached to an aromatic ring is 1. The summed E-state index contributed by atoms with van der Waals surface area (Å²) in [4.78, 5) is 3.88. The molecule has 6 heteroatoms. The number of anilines is 1. The van der Waals surface area contributed by atoms with Crippen molar-refractivity contribution in [1.82, 2.24) is 10.1 Å². The highest BCUT2D eigenvalue weighted by atomic mass is 31.1. The van der Waals surface area contributed by atoms with Crippen LogP contribution in [0.5, 0.6) is 0 Å². The van der Waals surface area contributed by atoms with Gasteiger partial charge < -0.3 is 14.8 Å². The molecule has 1 fully saturated rings. The van der Waals surface area contributed by atoms with Crippen molar-refractivity contribution in [3.05, 3.63) is 5.82 Å². The lowest BCUT2D eigenvalue weighted by Gasteiger charge is -2.23. The van der Waals surface area contributed by atoms with Gasteiger partial charge in [0.2, 0.25) is 0 Å². The molecule has 5 nitrogen and oxygen atoms in total. The summed E-state index contributed by atoms with van der Waals surface area (Å²) in [6.07, 6.45) is 0.819. The number of aromatic nitrogens is 2. The molecule has 2 heterocycles. The van der Waals surface area contributed by atoms with E-state index in [1.807, 2.05) is 0 Å². The van der Waals surface area contributed by atoms with Crippen molar-refractivity contribution in [3.8, 4) is 0 Å². The lowest BCUT2D eigenvalue weighted by molar-refractivity contribution is 0.292. The largest absolute Gasteiger partial charge is 0.361 e. The van der Waals surface area contributed by atoms with Gasteiger partial charge in [0, 0.05) is 20.9 Å². The van der Waals surface area contributed by atoms with Gasteiger partial charge in [-0.25, -0.2) is 0 Å². The van der Waals surface area contributed by atoms with Gasteiger partial charge >= 0.3 is 6.01 Å². The van der Waals surface area contributed by atoms with Crippen LogP contribution in [0.1, 0.15) is 5.82 Å². The van der Waals surface area contributed by atoms with E-state index in [1.165, 1.54) is 0 Å². The minimum atomic E-state index is 0.142. The molecule has 1 aliphatic rings. The van der Waals surface area contributed by atoms with Crippen molar-refractivity contribution < 1.29 is 9.05 Å². The Hall–Kier alpha value is -0.670. The van der Waals surface area contributed by atoms with Gasteiger partial charge in [0.15, 0.2) is 5.82 Å². The van der Waals surface area contributed by atoms with E-state index >= 15 is 0 Å². The van der Waals surface area contributed by atoms with Gasteiger partial charge in [0.1, 0.15) is 0 Å². The Morgan fingerprint density at radius 2 is 2.55 bits per heavy atom. The molecule has 0 aliphatic carbocycles. The molecule has 2 rings (SSSR count). The van der Waals surface area contributed by atoms with Crippen molar-refractivity contribution in [2.24, 2.45) is 0 Å². The molecule has 0 radical (unpaired) electrons. The molecule has 1 aliphatic heterocycles. The molecule has 2 atom stereocenters. The fourth-order valence-electron chi connectivity index (χ4n) is 0.873. The van der Waals surface area contributed by atoms with Crippen LogP contribution in [0, 0.1) is 0 Å². The first-order valence-corrected chi connectivity index (χ1v) is 4.28. The Morgan fingerprint density at radius 1 is 1.73 bits per heavy atom. The van der Waals surface area contributed by atoms with Crippen LogP contribution in [-0.2, 0) is 10.9 Å². The van der Waals surface area contributed by atoms with E-state index in [9.17, 15) is 0 Å². The molecule has 0 aromatic carbocycles. The molecule has 1 aromatic heterocycles. The summed E-state index contributed by atoms with van der Waals surface area (Å²) in [7, 11) is 0.584. The molecule has 2 unspecified atom stereocenters. The first-order valence-electron chi connectivity index (χ1n) is 3.30. The van der Waals surface area contributed by atoms with E-state index in [0.29, 0.717) is 20.3 Å². The van der Waals surface area contributed by atoms with Gasteiger partial charge in [-0.2, -0.15) is 4.98 Å². The van der Waals surface area contributed by atoms with Crippen LogP contribution in [0.2, 0.25) is 0 Å². The van der Waals surface area contributed by atoms with Crippen molar-refractivity contribution in [3.63, 3.8) is 0 Å². The van der Waals surface area contributed by atoms with Crippen LogP contribution < -0.4 is 5.73 Å². The molecule has 0 saturated carbocycles. The van der Waals surface area contributed by atoms with Crippen LogP contribution in [0.25, 0.3) is 0 Å². The van der Waals surface area contributed by atoms with Crippen molar-refractivity contribution in [1.29, 1.82) is 0 Å². The monoisotopic (exact) mass is 173 g/mol. The molecular weight excluding hydrogens is 165 g/mol. The number of nitrogens with two attached hydrogens (primary N) is 1. The van der Waals surface area contributed by atoms with Crippen LogP contribution in [0.15, 0.2) is 4.52 Å². The molecule has 2 N–H and O–H groups in total. The minimum Gasteiger partial charge on any atom is -0.361 e. The van der Waals surface area contributed by atoms with Gasteiger partial charge in [0.05, 0.1) is 6.61 Å². The summed E-state index contributed by atoms with van der Waals surface area (Å²) >= 11 is 0. The van der Waals surface area contributed by atoms with E-state index in [4.69, 9.17) is 10.3 Å². The molecule has 0 spiro atoms. The summed E-state index contributed by atoms with van der Waals surface area (Å²) in [5, 5.41) is 3.68. The van der Waals surface area contributed by atoms with Crippen LogP contribution in [0.3, 0.4) is 0 Å². The van der Waals surface area contributed by atoms with Crippen LogP contribution in [0.4, 0.5) is 6.01 Å². The van der Waals surface area contributed by atoms with Gasteiger partial charge in [-0.15, -0.1) is 0 Å². The summed E-state index contributed by atoms with van der Waals surface area (Å²) in [6, 6.07) is 0.142. The Morgan fingerprint density at radius 3 is 3.00 bits per heavy atom. The lowest BCUT2D eigenvalue weighted by Crippen LogP contribution is -2.21. The third-order valence-corrected chi connectivity index (χ3v) is 2.48. The maximum absolute atomic E-state index is 5.24. The van der Waals surface area contributed by atoms with E-state index in [-0.39, 0.29) is 6.01 Å². The fourth-order valence-corrected chi connectivity index (χ4v) is 1.54. The fraction of sp³-hybridized carbons (Fsp3) is 0.600. The average Bonchev–Trinajstić information content (AvgIpc) is 2.27. The molecule has 0 bridgehead atoms. The Kier molecular flexibility index (Phi) is 1.75. The third kappa shape index (κ3) is 1.49. The highest BCUT2D eigenvalue weighted by molar-refractivity contribution is 7.34. The SMILES string of the molecule is Nc1nc(CC2COP2)no1. The second-order valence-corrected chi connectivity index (χ2v) is 3.72. The molecule has 1 aromatic rings. The maximum atomic E-state index is 5.24. The minimum absolute atomic E-state index is 0.142. The molecule has 60 valence electrons. The zero-order chi connectivity index (χ0) is 7.68. The summed E-state index contributed by atoms with van der Waals surface area (Å²) in [5.41, 5.74) is 5.82. The number of nitrogens with zero attached hydrogens (tertiary/aromatic N) is 2. The predicted octanol–water partition coefficient (Wildman–Crippen LogP) is 0.187. The van der Waals surface area contributed by atoms with Gasteiger partial charge in [-0.3, -0.25) is 0 Å². The van der Waals surface area contributed by atoms with E-state index in [1.54, 1.807) is 0 Å². The van der Waals surface area contributed by atoms with E-state index in [2.05, 4.69) is 14.7 Å². The normalized spacial score (nSPS) is 25.3. The van der Waals surface area contributed by atoms with Crippen molar-refractivity contribution in [2.45, 2.75) is 12.1 Å². The van der Waals surface area contributed by atoms with E-state index < -0.39 is 0 Å². The topological polar surface area (TPSA) is 74.2 Å². The molecular formula is C5H8N3O2P. The van der Waals surface area contributed by atoms with Gasteiger partial charge in [-0.05, 0) is 0 Å². The molecule has 11 heavy (non-hydrogen) atoms. The Bertz CT molecular complexity index is 248. The van der Waals surface area contributed by atoms with Gasteiger partial charge in [0.25, 0.3) is 0 Å². The van der Waals surface area contributed by atoms with Crippen LogP contribution >= 0.6 is 8.81 Å². The third-order valence-electron chi connectivity index (χ3n) is 1.45. The zero-order valence-electron chi connectivity index (χ0n) is 5.78. The van der Waals surface area contributed by atoms with Crippen molar-refractivity contribution in [2.75, 3.05) is 12.3 Å². The maximum Gasteiger partial charge on any atom is 0.318 e. The zero-order valence-corrected chi connectivity index (χ0v) is 6.78. The highest BCUT2D eigenvalue weighted by Gasteiger charge is 2.21. The average molecular weight is 173 g/mol. The first-order chi connectivity index (χ1) is 5.34. The Labute approximate surface area is 65.2 Å². The number of rotatable bonds is 2. The first kappa shape index (κ1) is 7.00. The summed E-state index contributed by atoms with van der Waals surface area (Å²) < 4.78 is 9.64. The Balaban J connectivity index is 1.95. The number of hydrogen-bond donors (Lipinski definition) is 1. The summed E-state index contributed by atoms with van der Waals surface area (Å²) in [6.45, 7) is 0.812. The second-order valence-electron chi connectivity index (χ2n) is 2.38. The second kappa shape index (κ2) is 2.75. The smallest absolute Gasteiger partial charge is 0.318 e. The van der Waals surface area contributed by atoms with Crippen LogP contribution in [-0.4, -0.2) is 22.4 Å². The number of hydrogen-bond acceptors (Lipinski definition) is 5. The van der Waals surface area contributed by atoms with E-state index in [0.717, 1.165) is 13.0 Å². The summed E-state index contributed by atoms with van der Waals surface area (Å²) in [5.74, 6) is 0.684. The quantitative estimate of drug-likeness (QED) is 0.646. The van der Waals surface area contributed by atoms with Gasteiger partial charge in [-0.1, -0.05) is 5.16 Å².